The molecule has 5 rings (SSSR count). The minimum Gasteiger partial charge on any atom is -0.342 e. The van der Waals surface area contributed by atoms with Gasteiger partial charge in [-0.3, -0.25) is 14.4 Å². The summed E-state index contributed by atoms with van der Waals surface area (Å²) in [6, 6.07) is 2.89. The van der Waals surface area contributed by atoms with Crippen LogP contribution in [0.1, 0.15) is 63.4 Å². The molecule has 3 heterocycles. The molecule has 2 fully saturated rings. The van der Waals surface area contributed by atoms with Gasteiger partial charge in [-0.15, -0.1) is 0 Å². The maximum atomic E-state index is 13.6. The molecule has 1 aromatic heterocycles. The number of amides is 2. The number of hydrogen-bond acceptors (Lipinski definition) is 6. The molecule has 3 aliphatic rings. The average Bonchev–Trinajstić information content (AvgIpc) is 3.18. The third-order valence-electron chi connectivity index (χ3n) is 7.01. The number of anilines is 1. The number of carbonyl (C=O) groups is 3. The van der Waals surface area contributed by atoms with Crippen molar-refractivity contribution in [1.29, 1.82) is 0 Å². The van der Waals surface area contributed by atoms with Crippen LogP contribution in [0.3, 0.4) is 0 Å². The summed E-state index contributed by atoms with van der Waals surface area (Å²) in [5, 5.41) is 5.41. The van der Waals surface area contributed by atoms with Crippen LogP contribution < -0.4 is 27.0 Å². The van der Waals surface area contributed by atoms with Crippen LogP contribution in [-0.4, -0.2) is 40.3 Å². The van der Waals surface area contributed by atoms with Crippen LogP contribution in [0.2, 0.25) is 0 Å². The smallest absolute Gasteiger partial charge is 0.294 e. The Bertz CT molecular complexity index is 1220. The predicted octanol–water partition coefficient (Wildman–Crippen LogP) is 1.88. The number of hydrogen-bond donors (Lipinski definition) is 5. The Balaban J connectivity index is 1.40. The zero-order chi connectivity index (χ0) is 24.9. The van der Waals surface area contributed by atoms with Crippen molar-refractivity contribution in [2.45, 2.75) is 57.2 Å². The normalized spacial score (nSPS) is 20.1. The van der Waals surface area contributed by atoms with E-state index in [1.54, 1.807) is 11.5 Å². The van der Waals surface area contributed by atoms with Crippen LogP contribution in [0.15, 0.2) is 18.2 Å². The topological polar surface area (TPSA) is 116 Å². The van der Waals surface area contributed by atoms with Crippen molar-refractivity contribution in [2.24, 2.45) is 0 Å². The van der Waals surface area contributed by atoms with Gasteiger partial charge in [0.1, 0.15) is 5.82 Å². The van der Waals surface area contributed by atoms with Crippen LogP contribution in [0.25, 0.3) is 0 Å². The molecule has 35 heavy (non-hydrogen) atoms. The lowest BCUT2D eigenvalue weighted by Gasteiger charge is -2.23. The van der Waals surface area contributed by atoms with Crippen LogP contribution in [0.4, 0.5) is 18.9 Å². The summed E-state index contributed by atoms with van der Waals surface area (Å²) in [7, 11) is 0. The summed E-state index contributed by atoms with van der Waals surface area (Å²) in [5.41, 5.74) is 8.80. The van der Waals surface area contributed by atoms with Gasteiger partial charge in [0.25, 0.3) is 24.0 Å². The van der Waals surface area contributed by atoms with Crippen molar-refractivity contribution in [3.8, 4) is 0 Å². The Morgan fingerprint density at radius 1 is 1.23 bits per heavy atom. The molecule has 2 amide bonds. The lowest BCUT2D eigenvalue weighted by atomic mass is 10.0. The lowest BCUT2D eigenvalue weighted by molar-refractivity contribution is -0.118. The molecule has 0 bridgehead atoms. The lowest BCUT2D eigenvalue weighted by Crippen LogP contribution is -2.54. The molecule has 1 saturated carbocycles. The predicted molar refractivity (Wildman–Crippen MR) is 119 cm³/mol. The largest absolute Gasteiger partial charge is 0.342 e. The van der Waals surface area contributed by atoms with E-state index in [1.165, 1.54) is 6.07 Å². The molecule has 5 N–H and O–H groups in total. The summed E-state index contributed by atoms with van der Waals surface area (Å²) in [6.07, 6.45) is -0.334. The number of fused-ring (bicyclic) bond motifs is 1. The van der Waals surface area contributed by atoms with Gasteiger partial charge >= 0.3 is 0 Å². The number of alkyl halides is 2. The molecule has 186 valence electrons. The summed E-state index contributed by atoms with van der Waals surface area (Å²) >= 11 is 0. The van der Waals surface area contributed by atoms with E-state index in [0.29, 0.717) is 37.2 Å². The summed E-state index contributed by atoms with van der Waals surface area (Å²) in [4.78, 5) is 39.4. The number of nitrogens with zero attached hydrogens (tertiary/aromatic N) is 1. The minimum atomic E-state index is -3.03. The van der Waals surface area contributed by atoms with Gasteiger partial charge in [0.2, 0.25) is 0 Å². The Kier molecular flexibility index (Phi) is 5.90. The molecule has 0 radical (unpaired) electrons. The molecule has 1 aliphatic carbocycles. The number of carbonyl (C=O) groups excluding carboxylic acids is 3. The first-order valence-electron chi connectivity index (χ1n) is 11.4. The molecular formula is C23H25F3N6O3. The van der Waals surface area contributed by atoms with Crippen molar-refractivity contribution in [2.75, 3.05) is 11.9 Å². The van der Waals surface area contributed by atoms with E-state index in [-0.39, 0.29) is 23.0 Å². The fraction of sp³-hybridized carbons (Fsp3) is 0.435. The molecular weight excluding hydrogens is 465 g/mol. The highest BCUT2D eigenvalue weighted by molar-refractivity contribution is 6.43. The van der Waals surface area contributed by atoms with Gasteiger partial charge in [0.05, 0.1) is 28.4 Å². The van der Waals surface area contributed by atoms with E-state index in [1.807, 2.05) is 0 Å². The zero-order valence-corrected chi connectivity index (χ0v) is 18.9. The second-order valence-corrected chi connectivity index (χ2v) is 9.18. The van der Waals surface area contributed by atoms with Gasteiger partial charge < -0.3 is 15.2 Å². The second-order valence-electron chi connectivity index (χ2n) is 9.18. The fourth-order valence-electron chi connectivity index (χ4n) is 5.06. The monoisotopic (exact) mass is 490 g/mol. The van der Waals surface area contributed by atoms with E-state index in [0.717, 1.165) is 25.0 Å². The number of nitrogens with one attached hydrogen (secondary N) is 5. The molecule has 2 aromatic rings. The third-order valence-corrected chi connectivity index (χ3v) is 7.01. The number of benzene rings is 1. The van der Waals surface area contributed by atoms with Gasteiger partial charge in [-0.1, -0.05) is 0 Å². The molecule has 1 aromatic carbocycles. The van der Waals surface area contributed by atoms with Crippen molar-refractivity contribution in [3.05, 3.63) is 52.1 Å². The number of hydrazine groups is 2. The van der Waals surface area contributed by atoms with E-state index < -0.39 is 40.9 Å². The van der Waals surface area contributed by atoms with E-state index in [9.17, 15) is 27.6 Å². The van der Waals surface area contributed by atoms with Crippen LogP contribution in [-0.2, 0) is 17.8 Å². The first-order valence-corrected chi connectivity index (χ1v) is 11.4. The standard InChI is InChI=1S/C23H25F3N6O3/c1-11-17(21(34)28-12-4-5-14(24)13(9-12)20(25)26)15-3-2-8-32(15)18(11)19(33)22(35)29-23(6-7-23)16-10-27-31-30-16/h4-5,9,16,20,27,30-31H,2-3,6-8,10H2,1H3,(H,28,34)(H,29,35). The maximum absolute atomic E-state index is 13.6. The Morgan fingerprint density at radius 3 is 2.66 bits per heavy atom. The van der Waals surface area contributed by atoms with Crippen LogP contribution >= 0.6 is 0 Å². The van der Waals surface area contributed by atoms with E-state index in [2.05, 4.69) is 27.0 Å². The number of rotatable bonds is 7. The first-order chi connectivity index (χ1) is 16.7. The first kappa shape index (κ1) is 23.5. The van der Waals surface area contributed by atoms with Gasteiger partial charge in [-0.05, 0) is 56.4 Å². The number of halogens is 3. The molecule has 0 spiro atoms. The second kappa shape index (κ2) is 8.77. The quantitative estimate of drug-likeness (QED) is 0.299. The maximum Gasteiger partial charge on any atom is 0.294 e. The molecule has 12 heteroatoms. The highest BCUT2D eigenvalue weighted by atomic mass is 19.3. The van der Waals surface area contributed by atoms with Crippen molar-refractivity contribution in [3.63, 3.8) is 0 Å². The number of aromatic nitrogens is 1. The van der Waals surface area contributed by atoms with Gasteiger partial charge in [-0.2, -0.15) is 5.53 Å². The number of ketones is 1. The molecule has 2 aliphatic heterocycles. The Hall–Kier alpha value is -3.22. The van der Waals surface area contributed by atoms with Crippen LogP contribution in [0, 0.1) is 12.7 Å². The summed E-state index contributed by atoms with van der Waals surface area (Å²) in [5.74, 6) is -3.13. The SMILES string of the molecule is Cc1c(C(=O)Nc2ccc(F)c(C(F)F)c2)c2n(c1C(=O)C(=O)NC1(C3CNNN3)CC1)CCC2. The average molecular weight is 490 g/mol. The van der Waals surface area contributed by atoms with Crippen molar-refractivity contribution >= 4 is 23.3 Å². The molecule has 1 unspecified atom stereocenters. The zero-order valence-electron chi connectivity index (χ0n) is 18.9. The fourth-order valence-corrected chi connectivity index (χ4v) is 5.06. The van der Waals surface area contributed by atoms with Gasteiger partial charge in [0.15, 0.2) is 0 Å². The van der Waals surface area contributed by atoms with E-state index >= 15 is 0 Å². The molecule has 1 saturated heterocycles. The Morgan fingerprint density at radius 2 is 2.00 bits per heavy atom. The minimum absolute atomic E-state index is 0.0108. The highest BCUT2D eigenvalue weighted by Crippen LogP contribution is 2.39. The van der Waals surface area contributed by atoms with Crippen LogP contribution in [0.5, 0.6) is 0 Å². The molecule has 9 nitrogen and oxygen atoms in total. The summed E-state index contributed by atoms with van der Waals surface area (Å²) in [6.45, 7) is 2.66. The van der Waals surface area contributed by atoms with E-state index in [4.69, 9.17) is 0 Å². The highest BCUT2D eigenvalue weighted by Gasteiger charge is 2.52. The Labute approximate surface area is 198 Å². The summed E-state index contributed by atoms with van der Waals surface area (Å²) < 4.78 is 41.4. The van der Waals surface area contributed by atoms with Crippen molar-refractivity contribution < 1.29 is 27.6 Å². The molecule has 1 atom stereocenters. The van der Waals surface area contributed by atoms with Crippen molar-refractivity contribution in [1.82, 2.24) is 26.3 Å². The number of Topliss-reactive ketones (excluding diaryl/α,β-unsaturated/α-hetero) is 1. The van der Waals surface area contributed by atoms with Gasteiger partial charge in [0, 0.05) is 24.5 Å². The third kappa shape index (κ3) is 4.11. The van der Waals surface area contributed by atoms with Gasteiger partial charge in [-0.25, -0.2) is 24.0 Å².